The van der Waals surface area contributed by atoms with E-state index in [0.717, 1.165) is 11.1 Å². The summed E-state index contributed by atoms with van der Waals surface area (Å²) in [5, 5.41) is 9.83. The van der Waals surface area contributed by atoms with Crippen molar-refractivity contribution in [2.45, 2.75) is 26.2 Å². The number of carbonyl (C=O) groups is 2. The van der Waals surface area contributed by atoms with E-state index in [1.807, 2.05) is 30.3 Å². The topological polar surface area (TPSA) is 54.4 Å². The number of aryl methyl sites for hydroxylation is 1. The normalized spacial score (nSPS) is 10.5. The summed E-state index contributed by atoms with van der Waals surface area (Å²) in [4.78, 5) is 23.6. The molecule has 0 aromatic heterocycles. The van der Waals surface area contributed by atoms with Crippen LogP contribution < -0.4 is 0 Å². The highest BCUT2D eigenvalue weighted by atomic mass is 79.9. The summed E-state index contributed by atoms with van der Waals surface area (Å²) in [7, 11) is 0. The third kappa shape index (κ3) is 4.28. The highest BCUT2D eigenvalue weighted by Gasteiger charge is 2.13. The lowest BCUT2D eigenvalue weighted by Gasteiger charge is -2.08. The Labute approximate surface area is 138 Å². The zero-order chi connectivity index (χ0) is 16.1. The fourth-order valence-electron chi connectivity index (χ4n) is 2.27. The first-order chi connectivity index (χ1) is 10.5. The SMILES string of the molecule is CC(=O)c1cc(CC(=O)CCc2ccccc2)cc(Br)c1O. The van der Waals surface area contributed by atoms with Crippen molar-refractivity contribution in [2.24, 2.45) is 0 Å². The van der Waals surface area contributed by atoms with Gasteiger partial charge in [-0.3, -0.25) is 9.59 Å². The smallest absolute Gasteiger partial charge is 0.163 e. The molecule has 0 saturated heterocycles. The molecule has 0 unspecified atom stereocenters. The van der Waals surface area contributed by atoms with Crippen molar-refractivity contribution in [3.05, 3.63) is 63.6 Å². The van der Waals surface area contributed by atoms with Gasteiger partial charge in [-0.2, -0.15) is 0 Å². The Morgan fingerprint density at radius 2 is 1.77 bits per heavy atom. The minimum absolute atomic E-state index is 0.0759. The second-order valence-electron chi connectivity index (χ2n) is 5.23. The molecule has 0 atom stereocenters. The van der Waals surface area contributed by atoms with E-state index < -0.39 is 0 Å². The van der Waals surface area contributed by atoms with Crippen molar-refractivity contribution in [1.29, 1.82) is 0 Å². The van der Waals surface area contributed by atoms with Crippen molar-refractivity contribution in [2.75, 3.05) is 0 Å². The Bertz CT molecular complexity index is 693. The van der Waals surface area contributed by atoms with E-state index in [2.05, 4.69) is 15.9 Å². The van der Waals surface area contributed by atoms with Gasteiger partial charge < -0.3 is 5.11 Å². The number of phenolic OH excluding ortho intramolecular Hbond substituents is 1. The molecule has 2 rings (SSSR count). The van der Waals surface area contributed by atoms with Crippen LogP contribution in [0.1, 0.15) is 34.8 Å². The first kappa shape index (κ1) is 16.4. The van der Waals surface area contributed by atoms with Gasteiger partial charge in [-0.15, -0.1) is 0 Å². The van der Waals surface area contributed by atoms with E-state index in [1.54, 1.807) is 12.1 Å². The Kier molecular flexibility index (Phi) is 5.50. The van der Waals surface area contributed by atoms with Crippen LogP contribution in [0.4, 0.5) is 0 Å². The minimum Gasteiger partial charge on any atom is -0.506 e. The number of Topliss-reactive ketones (excluding diaryl/α,β-unsaturated/α-hetero) is 2. The molecular weight excluding hydrogens is 344 g/mol. The van der Waals surface area contributed by atoms with Gasteiger partial charge in [0.25, 0.3) is 0 Å². The van der Waals surface area contributed by atoms with E-state index in [4.69, 9.17) is 0 Å². The molecule has 0 fully saturated rings. The van der Waals surface area contributed by atoms with Crippen LogP contribution in [-0.4, -0.2) is 16.7 Å². The van der Waals surface area contributed by atoms with Crippen molar-refractivity contribution in [1.82, 2.24) is 0 Å². The molecule has 2 aromatic rings. The monoisotopic (exact) mass is 360 g/mol. The number of benzene rings is 2. The fourth-order valence-corrected chi connectivity index (χ4v) is 2.78. The molecule has 0 heterocycles. The Morgan fingerprint density at radius 3 is 2.41 bits per heavy atom. The van der Waals surface area contributed by atoms with E-state index in [9.17, 15) is 14.7 Å². The van der Waals surface area contributed by atoms with Crippen LogP contribution in [0.5, 0.6) is 5.75 Å². The number of carbonyl (C=O) groups excluding carboxylic acids is 2. The molecule has 0 spiro atoms. The molecule has 0 bridgehead atoms. The van der Waals surface area contributed by atoms with Crippen molar-refractivity contribution >= 4 is 27.5 Å². The summed E-state index contributed by atoms with van der Waals surface area (Å²) in [6.45, 7) is 1.39. The number of aromatic hydroxyl groups is 1. The molecule has 2 aromatic carbocycles. The molecule has 1 N–H and O–H groups in total. The Hall–Kier alpha value is -1.94. The average molecular weight is 361 g/mol. The highest BCUT2D eigenvalue weighted by molar-refractivity contribution is 9.10. The molecule has 0 radical (unpaired) electrons. The predicted octanol–water partition coefficient (Wildman–Crippen LogP) is 4.10. The van der Waals surface area contributed by atoms with Gasteiger partial charge in [-0.05, 0) is 52.5 Å². The van der Waals surface area contributed by atoms with Crippen LogP contribution in [0, 0.1) is 0 Å². The van der Waals surface area contributed by atoms with Crippen molar-refractivity contribution < 1.29 is 14.7 Å². The van der Waals surface area contributed by atoms with Crippen LogP contribution in [0.2, 0.25) is 0 Å². The molecule has 0 aliphatic heterocycles. The van der Waals surface area contributed by atoms with Crippen LogP contribution in [-0.2, 0) is 17.6 Å². The molecule has 0 aliphatic rings. The lowest BCUT2D eigenvalue weighted by Crippen LogP contribution is -2.06. The van der Waals surface area contributed by atoms with E-state index >= 15 is 0 Å². The lowest BCUT2D eigenvalue weighted by atomic mass is 10.00. The Morgan fingerprint density at radius 1 is 1.09 bits per heavy atom. The summed E-state index contributed by atoms with van der Waals surface area (Å²) in [5.41, 5.74) is 2.10. The molecule has 4 heteroatoms. The van der Waals surface area contributed by atoms with Gasteiger partial charge >= 0.3 is 0 Å². The van der Waals surface area contributed by atoms with Gasteiger partial charge in [0.05, 0.1) is 10.0 Å². The van der Waals surface area contributed by atoms with Gasteiger partial charge in [0, 0.05) is 12.8 Å². The number of hydrogen-bond donors (Lipinski definition) is 1. The van der Waals surface area contributed by atoms with E-state index in [0.29, 0.717) is 17.3 Å². The quantitative estimate of drug-likeness (QED) is 0.788. The van der Waals surface area contributed by atoms with Gasteiger partial charge in [0.2, 0.25) is 0 Å². The first-order valence-electron chi connectivity index (χ1n) is 7.05. The lowest BCUT2D eigenvalue weighted by molar-refractivity contribution is -0.118. The number of phenols is 1. The number of rotatable bonds is 6. The predicted molar refractivity (Wildman–Crippen MR) is 89.3 cm³/mol. The summed E-state index contributed by atoms with van der Waals surface area (Å²) in [6, 6.07) is 13.1. The van der Waals surface area contributed by atoms with Gasteiger partial charge in [-0.25, -0.2) is 0 Å². The summed E-state index contributed by atoms with van der Waals surface area (Å²) in [6.07, 6.45) is 1.42. The highest BCUT2D eigenvalue weighted by Crippen LogP contribution is 2.30. The number of ketones is 2. The third-order valence-electron chi connectivity index (χ3n) is 3.44. The summed E-state index contributed by atoms with van der Waals surface area (Å²) < 4.78 is 0.436. The summed E-state index contributed by atoms with van der Waals surface area (Å²) in [5.74, 6) is -0.194. The van der Waals surface area contributed by atoms with Crippen molar-refractivity contribution in [3.8, 4) is 5.75 Å². The van der Waals surface area contributed by atoms with Crippen LogP contribution in [0.3, 0.4) is 0 Å². The molecule has 0 saturated carbocycles. The number of halogens is 1. The number of hydrogen-bond acceptors (Lipinski definition) is 3. The van der Waals surface area contributed by atoms with Gasteiger partial charge in [0.1, 0.15) is 11.5 Å². The molecule has 3 nitrogen and oxygen atoms in total. The largest absolute Gasteiger partial charge is 0.506 e. The molecule has 0 aliphatic carbocycles. The average Bonchev–Trinajstić information content (AvgIpc) is 2.49. The van der Waals surface area contributed by atoms with Gasteiger partial charge in [-0.1, -0.05) is 30.3 Å². The van der Waals surface area contributed by atoms with Crippen LogP contribution in [0.15, 0.2) is 46.9 Å². The van der Waals surface area contributed by atoms with Crippen molar-refractivity contribution in [3.63, 3.8) is 0 Å². The van der Waals surface area contributed by atoms with Crippen LogP contribution in [0.25, 0.3) is 0 Å². The maximum Gasteiger partial charge on any atom is 0.163 e. The fraction of sp³-hybridized carbons (Fsp3) is 0.222. The molecular formula is C18H17BrO3. The second kappa shape index (κ2) is 7.36. The molecule has 22 heavy (non-hydrogen) atoms. The van der Waals surface area contributed by atoms with Gasteiger partial charge in [0.15, 0.2) is 5.78 Å². The van der Waals surface area contributed by atoms with Crippen LogP contribution >= 0.6 is 15.9 Å². The minimum atomic E-state index is -0.225. The molecule has 114 valence electrons. The second-order valence-corrected chi connectivity index (χ2v) is 6.09. The Balaban J connectivity index is 2.04. The summed E-state index contributed by atoms with van der Waals surface area (Å²) >= 11 is 3.22. The molecule has 0 amide bonds. The maximum atomic E-state index is 12.1. The third-order valence-corrected chi connectivity index (χ3v) is 4.04. The maximum absolute atomic E-state index is 12.1. The van der Waals surface area contributed by atoms with E-state index in [-0.39, 0.29) is 29.3 Å². The standard InChI is InChI=1S/C18H17BrO3/c1-12(20)16-10-14(11-17(19)18(16)22)9-15(21)8-7-13-5-3-2-4-6-13/h2-6,10-11,22H,7-9H2,1H3. The zero-order valence-corrected chi connectivity index (χ0v) is 13.9. The zero-order valence-electron chi connectivity index (χ0n) is 12.3. The first-order valence-corrected chi connectivity index (χ1v) is 7.84. The van der Waals surface area contributed by atoms with E-state index in [1.165, 1.54) is 6.92 Å².